The molecule has 1 aliphatic heterocycles. The summed E-state index contributed by atoms with van der Waals surface area (Å²) in [7, 11) is 1.55. The molecule has 1 aliphatic rings. The lowest BCUT2D eigenvalue weighted by molar-refractivity contribution is -0.116. The summed E-state index contributed by atoms with van der Waals surface area (Å²) in [6.45, 7) is 4.66. The number of carbonyl (C=O) groups is 1. The number of rotatable bonds is 8. The lowest BCUT2D eigenvalue weighted by Crippen LogP contribution is -2.31. The Bertz CT molecular complexity index is 1260. The fourth-order valence-corrected chi connectivity index (χ4v) is 4.59. The summed E-state index contributed by atoms with van der Waals surface area (Å²) >= 11 is 1.19. The summed E-state index contributed by atoms with van der Waals surface area (Å²) in [5.74, 6) is 0.964. The number of nitrogens with one attached hydrogen (secondary N) is 2. The van der Waals surface area contributed by atoms with E-state index in [0.29, 0.717) is 46.1 Å². The topological polar surface area (TPSA) is 93.3 Å². The number of hydrogen-bond acceptors (Lipinski definition) is 6. The summed E-state index contributed by atoms with van der Waals surface area (Å²) in [5.41, 5.74) is 1.29. The molecule has 0 fully saturated rings. The molecule has 2 heterocycles. The van der Waals surface area contributed by atoms with Crippen LogP contribution in [0.15, 0.2) is 52.4 Å². The number of nitrogens with zero attached hydrogens (tertiary/aromatic N) is 1. The Kier molecular flexibility index (Phi) is 7.21. The molecule has 4 rings (SSSR count). The van der Waals surface area contributed by atoms with Crippen molar-refractivity contribution in [1.82, 2.24) is 9.97 Å². The number of ether oxygens (including phenoxy) is 2. The van der Waals surface area contributed by atoms with Gasteiger partial charge in [-0.1, -0.05) is 49.9 Å². The third-order valence-electron chi connectivity index (χ3n) is 5.41. The molecule has 0 radical (unpaired) electrons. The first-order chi connectivity index (χ1) is 16.4. The number of benzene rings is 2. The summed E-state index contributed by atoms with van der Waals surface area (Å²) in [6, 6.07) is 11.9. The molecule has 2 aromatic carbocycles. The minimum Gasteiger partial charge on any atom is -0.493 e. The van der Waals surface area contributed by atoms with Gasteiger partial charge in [0, 0.05) is 18.1 Å². The van der Waals surface area contributed by atoms with E-state index in [1.54, 1.807) is 37.4 Å². The molecular weight excluding hydrogens is 457 g/mol. The smallest absolute Gasteiger partial charge is 0.257 e. The first-order valence-corrected chi connectivity index (χ1v) is 11.9. The Hall–Kier alpha value is -3.33. The van der Waals surface area contributed by atoms with Crippen molar-refractivity contribution in [2.24, 2.45) is 5.92 Å². The van der Waals surface area contributed by atoms with Crippen molar-refractivity contribution in [2.75, 3.05) is 19.0 Å². The van der Waals surface area contributed by atoms with Gasteiger partial charge >= 0.3 is 0 Å². The highest BCUT2D eigenvalue weighted by molar-refractivity contribution is 7.98. The van der Waals surface area contributed by atoms with Gasteiger partial charge in [0.2, 0.25) is 5.91 Å². The number of amides is 1. The van der Waals surface area contributed by atoms with Gasteiger partial charge < -0.3 is 19.8 Å². The molecular formula is C25H26FN3O4S. The van der Waals surface area contributed by atoms with E-state index in [4.69, 9.17) is 9.47 Å². The van der Waals surface area contributed by atoms with E-state index < -0.39 is 5.92 Å². The van der Waals surface area contributed by atoms with E-state index >= 15 is 0 Å². The Labute approximate surface area is 201 Å². The maximum absolute atomic E-state index is 13.9. The van der Waals surface area contributed by atoms with E-state index in [9.17, 15) is 14.0 Å². The van der Waals surface area contributed by atoms with Gasteiger partial charge in [-0.2, -0.15) is 0 Å². The van der Waals surface area contributed by atoms with Gasteiger partial charge in [-0.15, -0.1) is 0 Å². The van der Waals surface area contributed by atoms with Crippen LogP contribution >= 0.6 is 11.8 Å². The fraction of sp³-hybridized carbons (Fsp3) is 0.320. The molecule has 0 bridgehead atoms. The quantitative estimate of drug-likeness (QED) is 0.356. The molecule has 1 unspecified atom stereocenters. The number of anilines is 1. The second kappa shape index (κ2) is 10.3. The van der Waals surface area contributed by atoms with Crippen LogP contribution in [0.2, 0.25) is 0 Å². The monoisotopic (exact) mass is 483 g/mol. The second-order valence-corrected chi connectivity index (χ2v) is 9.40. The Morgan fingerprint density at radius 2 is 1.97 bits per heavy atom. The largest absolute Gasteiger partial charge is 0.493 e. The third-order valence-corrected chi connectivity index (χ3v) is 6.34. The second-order valence-electron chi connectivity index (χ2n) is 8.43. The van der Waals surface area contributed by atoms with E-state index in [0.717, 1.165) is 5.56 Å². The van der Waals surface area contributed by atoms with E-state index in [2.05, 4.69) is 29.1 Å². The molecule has 1 atom stereocenters. The van der Waals surface area contributed by atoms with Crippen molar-refractivity contribution in [3.05, 3.63) is 75.3 Å². The van der Waals surface area contributed by atoms with Gasteiger partial charge in [-0.05, 0) is 35.2 Å². The van der Waals surface area contributed by atoms with Crippen LogP contribution in [0.25, 0.3) is 0 Å². The number of methoxy groups -OCH3 is 1. The molecule has 1 aromatic heterocycles. The highest BCUT2D eigenvalue weighted by atomic mass is 32.2. The Morgan fingerprint density at radius 1 is 1.18 bits per heavy atom. The van der Waals surface area contributed by atoms with Gasteiger partial charge in [0.15, 0.2) is 16.7 Å². The molecule has 2 N–H and O–H groups in total. The first-order valence-electron chi connectivity index (χ1n) is 11.0. The number of aromatic nitrogens is 2. The van der Waals surface area contributed by atoms with E-state index in [1.807, 2.05) is 6.07 Å². The number of hydrogen-bond donors (Lipinski definition) is 2. The normalized spacial score (nSPS) is 15.1. The molecule has 178 valence electrons. The van der Waals surface area contributed by atoms with Crippen LogP contribution in [-0.2, 0) is 10.5 Å². The lowest BCUT2D eigenvalue weighted by Gasteiger charge is -2.25. The highest BCUT2D eigenvalue weighted by Crippen LogP contribution is 2.38. The zero-order valence-corrected chi connectivity index (χ0v) is 20.0. The van der Waals surface area contributed by atoms with Crippen molar-refractivity contribution in [2.45, 2.75) is 37.1 Å². The van der Waals surface area contributed by atoms with Crippen LogP contribution in [-0.4, -0.2) is 29.6 Å². The average molecular weight is 484 g/mol. The van der Waals surface area contributed by atoms with Crippen LogP contribution in [0.1, 0.15) is 42.9 Å². The van der Waals surface area contributed by atoms with Gasteiger partial charge in [0.25, 0.3) is 5.56 Å². The summed E-state index contributed by atoms with van der Waals surface area (Å²) in [5, 5.41) is 3.02. The third kappa shape index (κ3) is 5.25. The predicted octanol–water partition coefficient (Wildman–Crippen LogP) is 4.72. The van der Waals surface area contributed by atoms with Crippen molar-refractivity contribution < 1.29 is 18.7 Å². The zero-order chi connectivity index (χ0) is 24.2. The van der Waals surface area contributed by atoms with Crippen LogP contribution in [0, 0.1) is 11.7 Å². The minimum atomic E-state index is -0.487. The predicted molar refractivity (Wildman–Crippen MR) is 129 cm³/mol. The van der Waals surface area contributed by atoms with Gasteiger partial charge in [-0.3, -0.25) is 9.59 Å². The van der Waals surface area contributed by atoms with Crippen molar-refractivity contribution in [3.63, 3.8) is 0 Å². The van der Waals surface area contributed by atoms with Crippen molar-refractivity contribution in [3.8, 4) is 11.5 Å². The fourth-order valence-electron chi connectivity index (χ4n) is 3.74. The number of thioether (sulfide) groups is 1. The molecule has 0 spiro atoms. The van der Waals surface area contributed by atoms with Crippen LogP contribution < -0.4 is 20.3 Å². The van der Waals surface area contributed by atoms with Gasteiger partial charge in [0.05, 0.1) is 19.3 Å². The first kappa shape index (κ1) is 23.8. The van der Waals surface area contributed by atoms with Crippen molar-refractivity contribution >= 4 is 23.5 Å². The SMILES string of the molecule is COc1cc(C2CC(=O)Nc3nc(SCc4ccccc4F)[nH]c(=O)c32)ccc1OCC(C)C. The average Bonchev–Trinajstić information content (AvgIpc) is 2.81. The molecule has 1 amide bonds. The molecule has 0 aliphatic carbocycles. The van der Waals surface area contributed by atoms with Gasteiger partial charge in [-0.25, -0.2) is 9.37 Å². The molecule has 34 heavy (non-hydrogen) atoms. The Balaban J connectivity index is 1.63. The maximum atomic E-state index is 13.9. The summed E-state index contributed by atoms with van der Waals surface area (Å²) in [6.07, 6.45) is 0.106. The Morgan fingerprint density at radius 3 is 2.71 bits per heavy atom. The molecule has 9 heteroatoms. The van der Waals surface area contributed by atoms with E-state index in [1.165, 1.54) is 17.8 Å². The summed E-state index contributed by atoms with van der Waals surface area (Å²) in [4.78, 5) is 32.8. The molecule has 0 saturated heterocycles. The maximum Gasteiger partial charge on any atom is 0.257 e. The zero-order valence-electron chi connectivity index (χ0n) is 19.2. The molecule has 3 aromatic rings. The lowest BCUT2D eigenvalue weighted by atomic mass is 9.86. The number of H-pyrrole nitrogens is 1. The summed E-state index contributed by atoms with van der Waals surface area (Å²) < 4.78 is 25.2. The number of aromatic amines is 1. The standard InChI is InChI=1S/C25H26FN3O4S/c1-14(2)12-33-19-9-8-15(10-20(19)32-3)17-11-21(30)27-23-22(17)24(31)29-25(28-23)34-13-16-6-4-5-7-18(16)26/h4-10,14,17H,11-13H2,1-3H3,(H2,27,28,29,30,31). The van der Waals surface area contributed by atoms with E-state index in [-0.39, 0.29) is 29.5 Å². The van der Waals surface area contributed by atoms with Crippen LogP contribution in [0.3, 0.4) is 0 Å². The molecule has 0 saturated carbocycles. The number of halogens is 1. The molecule has 7 nitrogen and oxygen atoms in total. The highest BCUT2D eigenvalue weighted by Gasteiger charge is 2.31. The number of carbonyl (C=O) groups excluding carboxylic acids is 1. The van der Waals surface area contributed by atoms with Crippen LogP contribution in [0.5, 0.6) is 11.5 Å². The van der Waals surface area contributed by atoms with Crippen LogP contribution in [0.4, 0.5) is 10.2 Å². The van der Waals surface area contributed by atoms with Crippen molar-refractivity contribution in [1.29, 1.82) is 0 Å². The number of fused-ring (bicyclic) bond motifs is 1. The minimum absolute atomic E-state index is 0.106. The van der Waals surface area contributed by atoms with Gasteiger partial charge in [0.1, 0.15) is 11.6 Å².